The third kappa shape index (κ3) is 2.34. The third-order valence-electron chi connectivity index (χ3n) is 2.90. The van der Waals surface area contributed by atoms with Gasteiger partial charge in [0.15, 0.2) is 0 Å². The fourth-order valence-electron chi connectivity index (χ4n) is 1.67. The van der Waals surface area contributed by atoms with Crippen LogP contribution in [0.1, 0.15) is 19.3 Å². The number of rotatable bonds is 3. The molecule has 0 radical (unpaired) electrons. The van der Waals surface area contributed by atoms with E-state index in [-0.39, 0.29) is 5.02 Å². The fourth-order valence-corrected chi connectivity index (χ4v) is 1.83. The van der Waals surface area contributed by atoms with Crippen LogP contribution in [0.5, 0.6) is 0 Å². The predicted octanol–water partition coefficient (Wildman–Crippen LogP) is 3.27. The number of hydrogen-bond donors (Lipinski definition) is 2. The zero-order valence-electron chi connectivity index (χ0n) is 8.39. The first kappa shape index (κ1) is 10.6. The van der Waals surface area contributed by atoms with Crippen molar-refractivity contribution in [2.45, 2.75) is 19.3 Å². The Hall–Kier alpha value is -0.960. The van der Waals surface area contributed by atoms with Crippen molar-refractivity contribution in [3.05, 3.63) is 23.0 Å². The quantitative estimate of drug-likeness (QED) is 0.780. The number of halogens is 2. The summed E-state index contributed by atoms with van der Waals surface area (Å²) in [4.78, 5) is 0. The molecule has 0 saturated heterocycles. The lowest BCUT2D eigenvalue weighted by Crippen LogP contribution is -2.21. The van der Waals surface area contributed by atoms with E-state index in [9.17, 15) is 4.39 Å². The lowest BCUT2D eigenvalue weighted by molar-refractivity contribution is 0.333. The highest BCUT2D eigenvalue weighted by atomic mass is 35.5. The Morgan fingerprint density at radius 2 is 2.20 bits per heavy atom. The van der Waals surface area contributed by atoms with Gasteiger partial charge in [-0.15, -0.1) is 0 Å². The van der Waals surface area contributed by atoms with Crippen LogP contribution in [0.25, 0.3) is 0 Å². The van der Waals surface area contributed by atoms with Crippen LogP contribution in [-0.4, -0.2) is 6.54 Å². The van der Waals surface area contributed by atoms with Gasteiger partial charge in [-0.3, -0.25) is 0 Å². The minimum Gasteiger partial charge on any atom is -0.397 e. The van der Waals surface area contributed by atoms with Gasteiger partial charge in [0.25, 0.3) is 0 Å². The molecule has 15 heavy (non-hydrogen) atoms. The molecule has 0 spiro atoms. The van der Waals surface area contributed by atoms with Crippen LogP contribution in [0, 0.1) is 11.7 Å². The van der Waals surface area contributed by atoms with Gasteiger partial charge < -0.3 is 11.1 Å². The molecule has 0 amide bonds. The van der Waals surface area contributed by atoms with Crippen LogP contribution in [0.4, 0.5) is 15.8 Å². The summed E-state index contributed by atoms with van der Waals surface area (Å²) in [5.41, 5.74) is 6.82. The average Bonchev–Trinajstić information content (AvgIpc) is 2.11. The van der Waals surface area contributed by atoms with Gasteiger partial charge in [0.2, 0.25) is 0 Å². The molecule has 2 rings (SSSR count). The standard InChI is InChI=1S/C11H14ClFN2/c12-8-4-11(10(14)5-9(8)13)15-6-7-2-1-3-7/h4-5,7,15H,1-3,6,14H2. The van der Waals surface area contributed by atoms with Crippen molar-refractivity contribution < 1.29 is 4.39 Å². The molecule has 2 nitrogen and oxygen atoms in total. The molecule has 0 atom stereocenters. The Bertz CT molecular complexity index is 364. The van der Waals surface area contributed by atoms with Crippen molar-refractivity contribution in [3.8, 4) is 0 Å². The molecule has 0 heterocycles. The van der Waals surface area contributed by atoms with Gasteiger partial charge >= 0.3 is 0 Å². The summed E-state index contributed by atoms with van der Waals surface area (Å²) in [5.74, 6) is 0.261. The molecule has 1 saturated carbocycles. The summed E-state index contributed by atoms with van der Waals surface area (Å²) < 4.78 is 13.0. The third-order valence-corrected chi connectivity index (χ3v) is 3.19. The van der Waals surface area contributed by atoms with E-state index in [0.29, 0.717) is 5.69 Å². The van der Waals surface area contributed by atoms with E-state index in [1.807, 2.05) is 0 Å². The highest BCUT2D eigenvalue weighted by Crippen LogP contribution is 2.29. The van der Waals surface area contributed by atoms with E-state index in [1.54, 1.807) is 6.07 Å². The normalized spacial score (nSPS) is 16.1. The molecule has 1 aromatic rings. The number of nitrogens with one attached hydrogen (secondary N) is 1. The minimum absolute atomic E-state index is 0.111. The fraction of sp³-hybridized carbons (Fsp3) is 0.455. The first-order valence-corrected chi connectivity index (χ1v) is 5.53. The second-order valence-corrected chi connectivity index (χ2v) is 4.44. The van der Waals surface area contributed by atoms with E-state index in [1.165, 1.54) is 25.3 Å². The summed E-state index contributed by atoms with van der Waals surface area (Å²) in [6.45, 7) is 0.895. The summed E-state index contributed by atoms with van der Waals surface area (Å²) in [6, 6.07) is 2.80. The SMILES string of the molecule is Nc1cc(F)c(Cl)cc1NCC1CCC1. The van der Waals surface area contributed by atoms with Gasteiger partial charge in [-0.1, -0.05) is 18.0 Å². The van der Waals surface area contributed by atoms with Crippen LogP contribution >= 0.6 is 11.6 Å². The van der Waals surface area contributed by atoms with Crippen LogP contribution < -0.4 is 11.1 Å². The lowest BCUT2D eigenvalue weighted by Gasteiger charge is -2.26. The Balaban J connectivity index is 2.03. The average molecular weight is 229 g/mol. The molecule has 0 unspecified atom stereocenters. The highest BCUT2D eigenvalue weighted by molar-refractivity contribution is 6.31. The monoisotopic (exact) mass is 228 g/mol. The molecular formula is C11H14ClFN2. The van der Waals surface area contributed by atoms with Crippen molar-refractivity contribution in [2.24, 2.45) is 5.92 Å². The number of anilines is 2. The van der Waals surface area contributed by atoms with E-state index >= 15 is 0 Å². The molecule has 1 aliphatic carbocycles. The second-order valence-electron chi connectivity index (χ2n) is 4.03. The Morgan fingerprint density at radius 1 is 1.47 bits per heavy atom. The molecule has 4 heteroatoms. The molecule has 1 fully saturated rings. The van der Waals surface area contributed by atoms with Crippen molar-refractivity contribution in [1.29, 1.82) is 0 Å². The number of hydrogen-bond acceptors (Lipinski definition) is 2. The van der Waals surface area contributed by atoms with Crippen molar-refractivity contribution in [1.82, 2.24) is 0 Å². The number of benzene rings is 1. The van der Waals surface area contributed by atoms with E-state index in [0.717, 1.165) is 18.2 Å². The Morgan fingerprint density at radius 3 is 2.80 bits per heavy atom. The molecule has 3 N–H and O–H groups in total. The summed E-state index contributed by atoms with van der Waals surface area (Å²) in [7, 11) is 0. The predicted molar refractivity (Wildman–Crippen MR) is 61.7 cm³/mol. The van der Waals surface area contributed by atoms with Crippen LogP contribution in [0.3, 0.4) is 0 Å². The lowest BCUT2D eigenvalue weighted by atomic mass is 9.85. The van der Waals surface area contributed by atoms with Crippen molar-refractivity contribution in [2.75, 3.05) is 17.6 Å². The van der Waals surface area contributed by atoms with E-state index < -0.39 is 5.82 Å². The summed E-state index contributed by atoms with van der Waals surface area (Å²) in [6.07, 6.45) is 3.84. The number of nitrogens with two attached hydrogens (primary N) is 1. The smallest absolute Gasteiger partial charge is 0.143 e. The van der Waals surface area contributed by atoms with Gasteiger partial charge in [0.1, 0.15) is 5.82 Å². The zero-order chi connectivity index (χ0) is 10.8. The largest absolute Gasteiger partial charge is 0.397 e. The number of nitrogen functional groups attached to an aromatic ring is 1. The van der Waals surface area contributed by atoms with Gasteiger partial charge in [-0.2, -0.15) is 0 Å². The molecule has 0 aromatic heterocycles. The summed E-state index contributed by atoms with van der Waals surface area (Å²) in [5, 5.41) is 3.32. The zero-order valence-corrected chi connectivity index (χ0v) is 9.15. The van der Waals surface area contributed by atoms with Crippen molar-refractivity contribution >= 4 is 23.0 Å². The molecule has 1 aliphatic rings. The molecule has 0 bridgehead atoms. The highest BCUT2D eigenvalue weighted by Gasteiger charge is 2.17. The van der Waals surface area contributed by atoms with Crippen LogP contribution in [0.2, 0.25) is 5.02 Å². The molecular weight excluding hydrogens is 215 g/mol. The van der Waals surface area contributed by atoms with Crippen molar-refractivity contribution in [3.63, 3.8) is 0 Å². The summed E-state index contributed by atoms with van der Waals surface area (Å²) >= 11 is 5.68. The maximum absolute atomic E-state index is 13.0. The molecule has 82 valence electrons. The van der Waals surface area contributed by atoms with Gasteiger partial charge in [-0.25, -0.2) is 4.39 Å². The topological polar surface area (TPSA) is 38.0 Å². The van der Waals surface area contributed by atoms with Gasteiger partial charge in [-0.05, 0) is 24.8 Å². The van der Waals surface area contributed by atoms with Crippen LogP contribution in [-0.2, 0) is 0 Å². The van der Waals surface area contributed by atoms with Gasteiger partial charge in [0.05, 0.1) is 16.4 Å². The second kappa shape index (κ2) is 4.27. The van der Waals surface area contributed by atoms with E-state index in [4.69, 9.17) is 17.3 Å². The van der Waals surface area contributed by atoms with Crippen LogP contribution in [0.15, 0.2) is 12.1 Å². The Kier molecular flexibility index (Phi) is 3.00. The molecule has 0 aliphatic heterocycles. The maximum Gasteiger partial charge on any atom is 0.143 e. The van der Waals surface area contributed by atoms with E-state index in [2.05, 4.69) is 5.32 Å². The maximum atomic E-state index is 13.0. The Labute approximate surface area is 93.6 Å². The minimum atomic E-state index is -0.469. The first-order valence-electron chi connectivity index (χ1n) is 5.15. The first-order chi connectivity index (χ1) is 7.16. The molecule has 1 aromatic carbocycles. The van der Waals surface area contributed by atoms with Gasteiger partial charge in [0, 0.05) is 12.6 Å².